The van der Waals surface area contributed by atoms with Crippen LogP contribution in [0.2, 0.25) is 0 Å². The lowest BCUT2D eigenvalue weighted by Gasteiger charge is -2.28. The molecule has 3 atom stereocenters. The van der Waals surface area contributed by atoms with E-state index in [1.54, 1.807) is 13.1 Å². The number of hydrogen-bond acceptors (Lipinski definition) is 4. The van der Waals surface area contributed by atoms with E-state index in [1.165, 1.54) is 0 Å². The molecule has 0 aromatic carbocycles. The molecule has 0 saturated carbocycles. The zero-order chi connectivity index (χ0) is 12.4. The van der Waals surface area contributed by atoms with Crippen LogP contribution in [0.3, 0.4) is 0 Å². The van der Waals surface area contributed by atoms with E-state index >= 15 is 0 Å². The highest BCUT2D eigenvalue weighted by molar-refractivity contribution is 5.50. The second kappa shape index (κ2) is 5.02. The van der Waals surface area contributed by atoms with Gasteiger partial charge in [-0.25, -0.2) is 4.98 Å². The molecule has 1 aromatic heterocycles. The molecular weight excluding hydrogens is 216 g/mol. The van der Waals surface area contributed by atoms with Crippen LogP contribution in [0.5, 0.6) is 0 Å². The number of aliphatic hydroxyl groups excluding tert-OH is 2. The summed E-state index contributed by atoms with van der Waals surface area (Å²) in [6.45, 7) is 4.92. The molecule has 17 heavy (non-hydrogen) atoms. The minimum absolute atomic E-state index is 0.113. The molecule has 4 nitrogen and oxygen atoms in total. The molecule has 1 aliphatic heterocycles. The Morgan fingerprint density at radius 1 is 1.59 bits per heavy atom. The lowest BCUT2D eigenvalue weighted by molar-refractivity contribution is 0.198. The normalized spacial score (nSPS) is 26.2. The summed E-state index contributed by atoms with van der Waals surface area (Å²) in [5, 5.41) is 19.2. The van der Waals surface area contributed by atoms with Gasteiger partial charge in [0.1, 0.15) is 5.82 Å². The Balaban J connectivity index is 2.33. The molecule has 0 radical (unpaired) electrons. The highest BCUT2D eigenvalue weighted by Gasteiger charge is 2.32. The van der Waals surface area contributed by atoms with Crippen LogP contribution < -0.4 is 4.90 Å². The summed E-state index contributed by atoms with van der Waals surface area (Å²) in [4.78, 5) is 6.49. The first-order chi connectivity index (χ1) is 8.15. The van der Waals surface area contributed by atoms with Crippen LogP contribution in [0.15, 0.2) is 18.3 Å². The topological polar surface area (TPSA) is 56.6 Å². The highest BCUT2D eigenvalue weighted by atomic mass is 16.3. The van der Waals surface area contributed by atoms with Crippen LogP contribution in [-0.4, -0.2) is 34.4 Å². The van der Waals surface area contributed by atoms with E-state index < -0.39 is 6.10 Å². The lowest BCUT2D eigenvalue weighted by atomic mass is 10.0. The molecule has 2 unspecified atom stereocenters. The molecule has 94 valence electrons. The van der Waals surface area contributed by atoms with Gasteiger partial charge in [0, 0.05) is 18.3 Å². The molecule has 1 fully saturated rings. The molecule has 0 amide bonds. The zero-order valence-electron chi connectivity index (χ0n) is 10.4. The zero-order valence-corrected chi connectivity index (χ0v) is 10.4. The summed E-state index contributed by atoms with van der Waals surface area (Å²) in [5.41, 5.74) is 0.833. The maximum atomic E-state index is 9.76. The first-order valence-electron chi connectivity index (χ1n) is 6.15. The van der Waals surface area contributed by atoms with Crippen molar-refractivity contribution >= 4 is 5.82 Å². The first kappa shape index (κ1) is 12.3. The van der Waals surface area contributed by atoms with E-state index in [-0.39, 0.29) is 12.6 Å². The standard InChI is InChI=1S/C13H20N2O2/c1-9-5-7-15(12(9)8-16)13-11(10(2)17)4-3-6-14-13/h3-4,6,9-10,12,16-17H,5,7-8H2,1-2H3/t9?,10-,12?/m0/s1. The molecule has 0 bridgehead atoms. The van der Waals surface area contributed by atoms with Crippen LogP contribution in [0.4, 0.5) is 5.82 Å². The minimum atomic E-state index is -0.533. The Morgan fingerprint density at radius 3 is 3.00 bits per heavy atom. The maximum Gasteiger partial charge on any atom is 0.134 e. The van der Waals surface area contributed by atoms with Crippen LogP contribution in [0.1, 0.15) is 31.9 Å². The van der Waals surface area contributed by atoms with Gasteiger partial charge in [-0.15, -0.1) is 0 Å². The molecular formula is C13H20N2O2. The predicted octanol–water partition coefficient (Wildman–Crippen LogP) is 1.34. The van der Waals surface area contributed by atoms with E-state index in [2.05, 4.69) is 16.8 Å². The second-order valence-electron chi connectivity index (χ2n) is 4.80. The Bertz CT molecular complexity index is 381. The van der Waals surface area contributed by atoms with Gasteiger partial charge in [0.2, 0.25) is 0 Å². The van der Waals surface area contributed by atoms with E-state index in [1.807, 2.05) is 12.1 Å². The number of pyridine rings is 1. The fourth-order valence-corrected chi connectivity index (χ4v) is 2.53. The summed E-state index contributed by atoms with van der Waals surface area (Å²) >= 11 is 0. The molecule has 4 heteroatoms. The van der Waals surface area contributed by atoms with Gasteiger partial charge in [-0.05, 0) is 25.3 Å². The average molecular weight is 236 g/mol. The van der Waals surface area contributed by atoms with Gasteiger partial charge in [0.05, 0.1) is 18.8 Å². The summed E-state index contributed by atoms with van der Waals surface area (Å²) in [6.07, 6.45) is 2.26. The van der Waals surface area contributed by atoms with Crippen molar-refractivity contribution in [3.63, 3.8) is 0 Å². The van der Waals surface area contributed by atoms with Crippen molar-refractivity contribution in [1.29, 1.82) is 0 Å². The van der Waals surface area contributed by atoms with E-state index in [0.717, 1.165) is 24.3 Å². The van der Waals surface area contributed by atoms with Gasteiger partial charge in [-0.1, -0.05) is 13.0 Å². The molecule has 0 spiro atoms. The van der Waals surface area contributed by atoms with E-state index in [0.29, 0.717) is 5.92 Å². The molecule has 1 aliphatic rings. The van der Waals surface area contributed by atoms with Gasteiger partial charge in [0.15, 0.2) is 0 Å². The Hall–Kier alpha value is -1.13. The summed E-state index contributed by atoms with van der Waals surface area (Å²) in [5.74, 6) is 1.27. The Labute approximate surface area is 102 Å². The molecule has 2 rings (SSSR count). The maximum absolute atomic E-state index is 9.76. The van der Waals surface area contributed by atoms with Gasteiger partial charge in [-0.2, -0.15) is 0 Å². The van der Waals surface area contributed by atoms with Crippen molar-refractivity contribution in [3.05, 3.63) is 23.9 Å². The average Bonchev–Trinajstić information content (AvgIpc) is 2.70. The number of aromatic nitrogens is 1. The summed E-state index contributed by atoms with van der Waals surface area (Å²) < 4.78 is 0. The van der Waals surface area contributed by atoms with Gasteiger partial charge in [0.25, 0.3) is 0 Å². The summed E-state index contributed by atoms with van der Waals surface area (Å²) in [6, 6.07) is 3.84. The molecule has 2 N–H and O–H groups in total. The molecule has 2 heterocycles. The van der Waals surface area contributed by atoms with Crippen molar-refractivity contribution in [3.8, 4) is 0 Å². The van der Waals surface area contributed by atoms with Gasteiger partial charge >= 0.3 is 0 Å². The number of nitrogens with zero attached hydrogens (tertiary/aromatic N) is 2. The third kappa shape index (κ3) is 2.28. The fourth-order valence-electron chi connectivity index (χ4n) is 2.53. The third-order valence-corrected chi connectivity index (χ3v) is 3.61. The van der Waals surface area contributed by atoms with Crippen molar-refractivity contribution in [2.24, 2.45) is 5.92 Å². The van der Waals surface area contributed by atoms with Crippen molar-refractivity contribution in [1.82, 2.24) is 4.98 Å². The predicted molar refractivity (Wildman–Crippen MR) is 66.9 cm³/mol. The highest BCUT2D eigenvalue weighted by Crippen LogP contribution is 2.32. The molecule has 1 saturated heterocycles. The lowest BCUT2D eigenvalue weighted by Crippen LogP contribution is -2.36. The van der Waals surface area contributed by atoms with Gasteiger partial charge in [-0.3, -0.25) is 0 Å². The van der Waals surface area contributed by atoms with Crippen LogP contribution in [0, 0.1) is 5.92 Å². The smallest absolute Gasteiger partial charge is 0.134 e. The van der Waals surface area contributed by atoms with E-state index in [4.69, 9.17) is 0 Å². The van der Waals surface area contributed by atoms with Crippen LogP contribution in [0.25, 0.3) is 0 Å². The molecule has 1 aromatic rings. The number of hydrogen-bond donors (Lipinski definition) is 2. The molecule has 0 aliphatic carbocycles. The third-order valence-electron chi connectivity index (χ3n) is 3.61. The van der Waals surface area contributed by atoms with Crippen molar-refractivity contribution in [2.45, 2.75) is 32.4 Å². The SMILES string of the molecule is CC1CCN(c2ncccc2[C@H](C)O)C1CO. The first-order valence-corrected chi connectivity index (χ1v) is 6.15. The number of rotatable bonds is 3. The quantitative estimate of drug-likeness (QED) is 0.831. The van der Waals surface area contributed by atoms with Crippen LogP contribution >= 0.6 is 0 Å². The van der Waals surface area contributed by atoms with Crippen LogP contribution in [-0.2, 0) is 0 Å². The largest absolute Gasteiger partial charge is 0.394 e. The number of anilines is 1. The van der Waals surface area contributed by atoms with Gasteiger partial charge < -0.3 is 15.1 Å². The minimum Gasteiger partial charge on any atom is -0.394 e. The number of aliphatic hydroxyl groups is 2. The summed E-state index contributed by atoms with van der Waals surface area (Å²) in [7, 11) is 0. The second-order valence-corrected chi connectivity index (χ2v) is 4.80. The van der Waals surface area contributed by atoms with Crippen molar-refractivity contribution in [2.75, 3.05) is 18.1 Å². The van der Waals surface area contributed by atoms with Crippen molar-refractivity contribution < 1.29 is 10.2 Å². The fraction of sp³-hybridized carbons (Fsp3) is 0.615. The Morgan fingerprint density at radius 2 is 2.35 bits per heavy atom. The Kier molecular flexibility index (Phi) is 3.64. The van der Waals surface area contributed by atoms with E-state index in [9.17, 15) is 10.2 Å². The monoisotopic (exact) mass is 236 g/mol.